The van der Waals surface area contributed by atoms with Crippen LogP contribution in [0.15, 0.2) is 30.3 Å². The zero-order valence-electron chi connectivity index (χ0n) is 12.0. The van der Waals surface area contributed by atoms with Crippen LogP contribution in [0.5, 0.6) is 0 Å². The van der Waals surface area contributed by atoms with Crippen LogP contribution in [0.4, 0.5) is 5.82 Å². The van der Waals surface area contributed by atoms with E-state index in [4.69, 9.17) is 22.7 Å². The molecule has 3 rings (SSSR count). The van der Waals surface area contributed by atoms with Crippen LogP contribution in [-0.2, 0) is 4.74 Å². The number of hydrogen-bond donors (Lipinski definition) is 2. The summed E-state index contributed by atoms with van der Waals surface area (Å²) in [5, 5.41) is 4.46. The first-order valence-corrected chi connectivity index (χ1v) is 7.63. The van der Waals surface area contributed by atoms with E-state index in [0.717, 1.165) is 41.7 Å². The molecule has 4 nitrogen and oxygen atoms in total. The summed E-state index contributed by atoms with van der Waals surface area (Å²) in [5.74, 6) is 0.740. The maximum Gasteiger partial charge on any atom is 0.137 e. The van der Waals surface area contributed by atoms with Crippen LogP contribution in [-0.4, -0.2) is 28.7 Å². The number of para-hydroxylation sites is 1. The molecule has 21 heavy (non-hydrogen) atoms. The van der Waals surface area contributed by atoms with Gasteiger partial charge < -0.3 is 15.8 Å². The lowest BCUT2D eigenvalue weighted by molar-refractivity contribution is 0.0996. The van der Waals surface area contributed by atoms with Crippen molar-refractivity contribution >= 4 is 33.9 Å². The van der Waals surface area contributed by atoms with Crippen molar-refractivity contribution in [2.24, 2.45) is 5.73 Å². The number of aromatic nitrogens is 1. The first kappa shape index (κ1) is 14.2. The standard InChI is InChI=1S/C16H19N3OS/c1-10(14-7-4-8-20-14)18-16-12(15(17)21)9-11-5-2-3-6-13(11)19-16/h2-3,5-6,9-10,14H,4,7-8H2,1H3,(H2,17,21)(H,18,19). The Bertz CT molecular complexity index is 668. The molecule has 0 saturated carbocycles. The lowest BCUT2D eigenvalue weighted by Gasteiger charge is -2.22. The summed E-state index contributed by atoms with van der Waals surface area (Å²) in [6, 6.07) is 10.1. The number of ether oxygens (including phenoxy) is 1. The molecular weight excluding hydrogens is 282 g/mol. The molecule has 0 aliphatic carbocycles. The minimum absolute atomic E-state index is 0.175. The average Bonchev–Trinajstić information content (AvgIpc) is 3.00. The van der Waals surface area contributed by atoms with Gasteiger partial charge in [-0.2, -0.15) is 0 Å². The van der Waals surface area contributed by atoms with Crippen LogP contribution in [0, 0.1) is 0 Å². The summed E-state index contributed by atoms with van der Waals surface area (Å²) in [5.41, 5.74) is 7.57. The number of nitrogens with zero attached hydrogens (tertiary/aromatic N) is 1. The van der Waals surface area contributed by atoms with Gasteiger partial charge in [-0.25, -0.2) is 4.98 Å². The van der Waals surface area contributed by atoms with Crippen LogP contribution in [0.3, 0.4) is 0 Å². The molecule has 0 bridgehead atoms. The Morgan fingerprint density at radius 1 is 1.48 bits per heavy atom. The number of nitrogens with one attached hydrogen (secondary N) is 1. The number of anilines is 1. The Hall–Kier alpha value is -1.72. The highest BCUT2D eigenvalue weighted by molar-refractivity contribution is 7.80. The predicted octanol–water partition coefficient (Wildman–Crippen LogP) is 2.85. The van der Waals surface area contributed by atoms with Crippen molar-refractivity contribution in [2.75, 3.05) is 11.9 Å². The number of rotatable bonds is 4. The van der Waals surface area contributed by atoms with Crippen LogP contribution >= 0.6 is 12.2 Å². The molecule has 2 unspecified atom stereocenters. The Morgan fingerprint density at radius 3 is 3.00 bits per heavy atom. The Balaban J connectivity index is 1.95. The molecule has 1 aromatic carbocycles. The molecule has 1 fully saturated rings. The van der Waals surface area contributed by atoms with E-state index in [9.17, 15) is 0 Å². The molecule has 2 atom stereocenters. The number of pyridine rings is 1. The molecule has 2 heterocycles. The lowest BCUT2D eigenvalue weighted by atomic mass is 10.1. The molecule has 1 aromatic heterocycles. The second kappa shape index (κ2) is 5.95. The van der Waals surface area contributed by atoms with Crippen molar-refractivity contribution in [1.82, 2.24) is 4.98 Å². The number of hydrogen-bond acceptors (Lipinski definition) is 4. The number of benzene rings is 1. The van der Waals surface area contributed by atoms with E-state index < -0.39 is 0 Å². The fourth-order valence-electron chi connectivity index (χ4n) is 2.72. The summed E-state index contributed by atoms with van der Waals surface area (Å²) in [4.78, 5) is 5.03. The van der Waals surface area contributed by atoms with Gasteiger partial charge in [0.05, 0.1) is 23.2 Å². The van der Waals surface area contributed by atoms with Gasteiger partial charge in [0.2, 0.25) is 0 Å². The van der Waals surface area contributed by atoms with Crippen molar-refractivity contribution in [3.63, 3.8) is 0 Å². The quantitative estimate of drug-likeness (QED) is 0.850. The molecule has 0 amide bonds. The van der Waals surface area contributed by atoms with Gasteiger partial charge >= 0.3 is 0 Å². The molecule has 5 heteroatoms. The molecule has 3 N–H and O–H groups in total. The third-order valence-corrected chi connectivity index (χ3v) is 4.10. The average molecular weight is 301 g/mol. The van der Waals surface area contributed by atoms with Gasteiger partial charge in [-0.15, -0.1) is 0 Å². The molecule has 1 aliphatic rings. The van der Waals surface area contributed by atoms with Crippen molar-refractivity contribution < 1.29 is 4.74 Å². The van der Waals surface area contributed by atoms with Gasteiger partial charge in [0.25, 0.3) is 0 Å². The van der Waals surface area contributed by atoms with E-state index in [0.29, 0.717) is 4.99 Å². The van der Waals surface area contributed by atoms with E-state index in [2.05, 4.69) is 17.2 Å². The summed E-state index contributed by atoms with van der Waals surface area (Å²) in [7, 11) is 0. The first-order valence-electron chi connectivity index (χ1n) is 7.23. The van der Waals surface area contributed by atoms with E-state index in [1.807, 2.05) is 30.3 Å². The molecule has 1 aliphatic heterocycles. The second-order valence-electron chi connectivity index (χ2n) is 5.43. The Morgan fingerprint density at radius 2 is 2.29 bits per heavy atom. The van der Waals surface area contributed by atoms with Crippen LogP contribution < -0.4 is 11.1 Å². The summed E-state index contributed by atoms with van der Waals surface area (Å²) < 4.78 is 5.72. The van der Waals surface area contributed by atoms with Crippen LogP contribution in [0.2, 0.25) is 0 Å². The number of thiocarbonyl (C=S) groups is 1. The highest BCUT2D eigenvalue weighted by atomic mass is 32.1. The van der Waals surface area contributed by atoms with E-state index >= 15 is 0 Å². The van der Waals surface area contributed by atoms with Gasteiger partial charge in [0, 0.05) is 12.0 Å². The van der Waals surface area contributed by atoms with Crippen molar-refractivity contribution in [3.8, 4) is 0 Å². The third-order valence-electron chi connectivity index (χ3n) is 3.88. The zero-order valence-corrected chi connectivity index (χ0v) is 12.8. The minimum Gasteiger partial charge on any atom is -0.389 e. The van der Waals surface area contributed by atoms with E-state index in [-0.39, 0.29) is 12.1 Å². The monoisotopic (exact) mass is 301 g/mol. The van der Waals surface area contributed by atoms with Crippen LogP contribution in [0.25, 0.3) is 10.9 Å². The summed E-state index contributed by atoms with van der Waals surface area (Å²) >= 11 is 5.17. The van der Waals surface area contributed by atoms with Crippen LogP contribution in [0.1, 0.15) is 25.3 Å². The van der Waals surface area contributed by atoms with E-state index in [1.54, 1.807) is 0 Å². The highest BCUT2D eigenvalue weighted by Crippen LogP contribution is 2.23. The second-order valence-corrected chi connectivity index (χ2v) is 5.87. The molecule has 2 aromatic rings. The van der Waals surface area contributed by atoms with Crippen molar-refractivity contribution in [2.45, 2.75) is 31.9 Å². The van der Waals surface area contributed by atoms with Gasteiger partial charge in [0.15, 0.2) is 0 Å². The molecular formula is C16H19N3OS. The largest absolute Gasteiger partial charge is 0.389 e. The van der Waals surface area contributed by atoms with Crippen molar-refractivity contribution in [3.05, 3.63) is 35.9 Å². The fourth-order valence-corrected chi connectivity index (χ4v) is 2.87. The van der Waals surface area contributed by atoms with Crippen molar-refractivity contribution in [1.29, 1.82) is 0 Å². The van der Waals surface area contributed by atoms with Gasteiger partial charge in [-0.1, -0.05) is 30.4 Å². The smallest absolute Gasteiger partial charge is 0.137 e. The lowest BCUT2D eigenvalue weighted by Crippen LogP contribution is -2.31. The normalized spacial score (nSPS) is 19.6. The minimum atomic E-state index is 0.175. The SMILES string of the molecule is CC(Nc1nc2ccccc2cc1C(N)=S)C1CCCO1. The highest BCUT2D eigenvalue weighted by Gasteiger charge is 2.23. The molecule has 0 radical (unpaired) electrons. The predicted molar refractivity (Wildman–Crippen MR) is 89.7 cm³/mol. The number of fused-ring (bicyclic) bond motifs is 1. The first-order chi connectivity index (χ1) is 10.1. The maximum atomic E-state index is 5.85. The fraction of sp³-hybridized carbons (Fsp3) is 0.375. The molecule has 110 valence electrons. The van der Waals surface area contributed by atoms with Gasteiger partial charge in [0.1, 0.15) is 10.8 Å². The summed E-state index contributed by atoms with van der Waals surface area (Å²) in [6.45, 7) is 2.94. The van der Waals surface area contributed by atoms with Gasteiger partial charge in [-0.05, 0) is 31.9 Å². The number of nitrogens with two attached hydrogens (primary N) is 1. The Kier molecular flexibility index (Phi) is 4.03. The molecule has 0 spiro atoms. The van der Waals surface area contributed by atoms with Gasteiger partial charge in [-0.3, -0.25) is 0 Å². The molecule has 1 saturated heterocycles. The van der Waals surface area contributed by atoms with E-state index in [1.165, 1.54) is 0 Å². The maximum absolute atomic E-state index is 5.85. The summed E-state index contributed by atoms with van der Waals surface area (Å²) in [6.07, 6.45) is 2.41. The zero-order chi connectivity index (χ0) is 14.8. The topological polar surface area (TPSA) is 60.2 Å². The Labute approximate surface area is 129 Å². The third kappa shape index (κ3) is 2.99.